The van der Waals surface area contributed by atoms with Gasteiger partial charge in [-0.1, -0.05) is 47.6 Å². The first-order chi connectivity index (χ1) is 16.7. The number of ether oxygens (including phenoxy) is 1. The number of imidazole rings is 1. The Balaban J connectivity index is 1.70. The Morgan fingerprint density at radius 3 is 2.54 bits per heavy atom. The van der Waals surface area contributed by atoms with Gasteiger partial charge < -0.3 is 9.30 Å². The van der Waals surface area contributed by atoms with E-state index in [1.165, 1.54) is 30.0 Å². The first-order valence-electron chi connectivity index (χ1n) is 10.6. The number of nitrogens with zero attached hydrogens (tertiary/aromatic N) is 2. The maximum atomic E-state index is 14.4. The predicted octanol–water partition coefficient (Wildman–Crippen LogP) is 7.36. The maximum absolute atomic E-state index is 14.4. The van der Waals surface area contributed by atoms with E-state index < -0.39 is 23.5 Å². The molecule has 0 bridgehead atoms. The zero-order valence-electron chi connectivity index (χ0n) is 18.4. The SMILES string of the molecule is CCOC(=O)c1ccc2c(c1)nc(SCc1cccc(Cl)c1F)n2Cc1ccc(C(F)(F)F)cc1. The second kappa shape index (κ2) is 10.3. The van der Waals surface area contributed by atoms with Crippen molar-refractivity contribution < 1.29 is 27.1 Å². The number of thioether (sulfide) groups is 1. The summed E-state index contributed by atoms with van der Waals surface area (Å²) in [5.74, 6) is -0.772. The van der Waals surface area contributed by atoms with Gasteiger partial charge in [0.25, 0.3) is 0 Å². The van der Waals surface area contributed by atoms with Gasteiger partial charge in [-0.3, -0.25) is 0 Å². The number of alkyl halides is 3. The van der Waals surface area contributed by atoms with Crippen LogP contribution in [0.15, 0.2) is 65.8 Å². The van der Waals surface area contributed by atoms with E-state index in [0.29, 0.717) is 32.9 Å². The van der Waals surface area contributed by atoms with E-state index >= 15 is 0 Å². The van der Waals surface area contributed by atoms with Crippen molar-refractivity contribution in [3.05, 3.63) is 93.8 Å². The number of carbonyl (C=O) groups is 1. The molecular formula is C25H19ClF4N2O2S. The van der Waals surface area contributed by atoms with Crippen LogP contribution in [0.25, 0.3) is 11.0 Å². The molecule has 1 heterocycles. The van der Waals surface area contributed by atoms with Gasteiger partial charge >= 0.3 is 12.1 Å². The lowest BCUT2D eigenvalue weighted by Gasteiger charge is -2.11. The Bertz CT molecular complexity index is 1370. The number of hydrogen-bond donors (Lipinski definition) is 0. The molecule has 182 valence electrons. The first-order valence-corrected chi connectivity index (χ1v) is 11.9. The summed E-state index contributed by atoms with van der Waals surface area (Å²) in [5, 5.41) is 0.528. The van der Waals surface area contributed by atoms with Crippen LogP contribution in [0.2, 0.25) is 5.02 Å². The fourth-order valence-electron chi connectivity index (χ4n) is 3.50. The van der Waals surface area contributed by atoms with Crippen LogP contribution >= 0.6 is 23.4 Å². The summed E-state index contributed by atoms with van der Waals surface area (Å²) < 4.78 is 60.1. The summed E-state index contributed by atoms with van der Waals surface area (Å²) in [7, 11) is 0. The Hall–Kier alpha value is -3.04. The van der Waals surface area contributed by atoms with Crippen molar-refractivity contribution in [2.75, 3.05) is 6.61 Å². The average molecular weight is 523 g/mol. The minimum absolute atomic E-state index is 0.0143. The van der Waals surface area contributed by atoms with Crippen molar-refractivity contribution in [3.63, 3.8) is 0 Å². The zero-order chi connectivity index (χ0) is 25.2. The van der Waals surface area contributed by atoms with Crippen molar-refractivity contribution in [1.82, 2.24) is 9.55 Å². The van der Waals surface area contributed by atoms with Gasteiger partial charge in [-0.2, -0.15) is 13.2 Å². The van der Waals surface area contributed by atoms with Crippen LogP contribution < -0.4 is 0 Å². The molecule has 0 atom stereocenters. The van der Waals surface area contributed by atoms with E-state index in [4.69, 9.17) is 16.3 Å². The predicted molar refractivity (Wildman–Crippen MR) is 127 cm³/mol. The molecule has 0 radical (unpaired) electrons. The van der Waals surface area contributed by atoms with Crippen molar-refractivity contribution in [1.29, 1.82) is 0 Å². The minimum atomic E-state index is -4.42. The summed E-state index contributed by atoms with van der Waals surface area (Å²) in [4.78, 5) is 16.8. The van der Waals surface area contributed by atoms with Gasteiger partial charge in [0.1, 0.15) is 5.82 Å². The molecule has 4 nitrogen and oxygen atoms in total. The number of halogens is 5. The lowest BCUT2D eigenvalue weighted by Crippen LogP contribution is -2.06. The van der Waals surface area contributed by atoms with E-state index in [1.54, 1.807) is 37.3 Å². The number of aromatic nitrogens is 2. The molecule has 0 saturated heterocycles. The topological polar surface area (TPSA) is 44.1 Å². The van der Waals surface area contributed by atoms with Crippen molar-refractivity contribution >= 4 is 40.4 Å². The van der Waals surface area contributed by atoms with E-state index in [2.05, 4.69) is 4.98 Å². The molecule has 4 rings (SSSR count). The molecular weight excluding hydrogens is 504 g/mol. The number of hydrogen-bond acceptors (Lipinski definition) is 4. The molecule has 0 spiro atoms. The summed E-state index contributed by atoms with van der Waals surface area (Å²) in [6, 6.07) is 14.5. The van der Waals surface area contributed by atoms with Crippen LogP contribution in [0.3, 0.4) is 0 Å². The Morgan fingerprint density at radius 1 is 1.11 bits per heavy atom. The molecule has 0 amide bonds. The molecule has 10 heteroatoms. The third-order valence-electron chi connectivity index (χ3n) is 5.23. The van der Waals surface area contributed by atoms with Gasteiger partial charge in [0.05, 0.1) is 40.3 Å². The van der Waals surface area contributed by atoms with Gasteiger partial charge in [-0.05, 0) is 54.4 Å². The van der Waals surface area contributed by atoms with Crippen LogP contribution in [0, 0.1) is 5.82 Å². The van der Waals surface area contributed by atoms with E-state index in [0.717, 1.165) is 12.1 Å². The third-order valence-corrected chi connectivity index (χ3v) is 6.55. The molecule has 4 aromatic rings. The molecule has 0 N–H and O–H groups in total. The first kappa shape index (κ1) is 25.1. The highest BCUT2D eigenvalue weighted by atomic mass is 35.5. The molecule has 3 aromatic carbocycles. The van der Waals surface area contributed by atoms with E-state index in [1.807, 2.05) is 4.57 Å². The number of rotatable bonds is 7. The molecule has 1 aromatic heterocycles. The fourth-order valence-corrected chi connectivity index (χ4v) is 4.68. The van der Waals surface area contributed by atoms with Crippen molar-refractivity contribution in [2.45, 2.75) is 30.6 Å². The Morgan fingerprint density at radius 2 is 1.86 bits per heavy atom. The van der Waals surface area contributed by atoms with Crippen LogP contribution in [0.1, 0.15) is 34.0 Å². The highest BCUT2D eigenvalue weighted by Crippen LogP contribution is 2.32. The lowest BCUT2D eigenvalue weighted by molar-refractivity contribution is -0.137. The van der Waals surface area contributed by atoms with Gasteiger partial charge in [0.15, 0.2) is 5.16 Å². The van der Waals surface area contributed by atoms with Gasteiger partial charge in [-0.25, -0.2) is 14.2 Å². The summed E-state index contributed by atoms with van der Waals surface area (Å²) in [6.45, 7) is 2.16. The molecule has 0 unspecified atom stereocenters. The number of fused-ring (bicyclic) bond motifs is 1. The van der Waals surface area contributed by atoms with Gasteiger partial charge in [0.2, 0.25) is 0 Å². The molecule has 35 heavy (non-hydrogen) atoms. The highest BCUT2D eigenvalue weighted by molar-refractivity contribution is 7.98. The van der Waals surface area contributed by atoms with Crippen LogP contribution in [0.5, 0.6) is 0 Å². The molecule has 0 aliphatic carbocycles. The quantitative estimate of drug-likeness (QED) is 0.144. The summed E-state index contributed by atoms with van der Waals surface area (Å²) in [5.41, 5.74) is 1.80. The Labute approximate surface area is 207 Å². The minimum Gasteiger partial charge on any atom is -0.462 e. The lowest BCUT2D eigenvalue weighted by atomic mass is 10.1. The number of esters is 1. The largest absolute Gasteiger partial charge is 0.462 e. The monoisotopic (exact) mass is 522 g/mol. The fraction of sp³-hybridized carbons (Fsp3) is 0.200. The van der Waals surface area contributed by atoms with Gasteiger partial charge in [0, 0.05) is 5.75 Å². The van der Waals surface area contributed by atoms with Crippen LogP contribution in [0.4, 0.5) is 17.6 Å². The zero-order valence-corrected chi connectivity index (χ0v) is 20.0. The molecule has 0 fully saturated rings. The third kappa shape index (κ3) is 5.62. The van der Waals surface area contributed by atoms with Crippen LogP contribution in [-0.2, 0) is 23.2 Å². The second-order valence-electron chi connectivity index (χ2n) is 7.60. The van der Waals surface area contributed by atoms with E-state index in [-0.39, 0.29) is 23.9 Å². The molecule has 0 aliphatic heterocycles. The normalized spacial score (nSPS) is 11.7. The molecule has 0 aliphatic rings. The number of benzene rings is 3. The van der Waals surface area contributed by atoms with E-state index in [9.17, 15) is 22.4 Å². The van der Waals surface area contributed by atoms with Crippen LogP contribution in [-0.4, -0.2) is 22.1 Å². The second-order valence-corrected chi connectivity index (χ2v) is 8.95. The van der Waals surface area contributed by atoms with Crippen molar-refractivity contribution in [3.8, 4) is 0 Å². The smallest absolute Gasteiger partial charge is 0.416 e. The highest BCUT2D eigenvalue weighted by Gasteiger charge is 2.30. The molecule has 0 saturated carbocycles. The standard InChI is InChI=1S/C25H19ClF4N2O2S/c1-2-34-23(33)16-8-11-21-20(12-16)31-24(35-14-17-4-3-5-19(26)22(17)27)32(21)13-15-6-9-18(10-7-15)25(28,29)30/h3-12H,2,13-14H2,1H3. The summed E-state index contributed by atoms with van der Waals surface area (Å²) >= 11 is 7.14. The Kier molecular flexibility index (Phi) is 7.37. The number of carbonyl (C=O) groups excluding carboxylic acids is 1. The maximum Gasteiger partial charge on any atom is 0.416 e. The van der Waals surface area contributed by atoms with Gasteiger partial charge in [-0.15, -0.1) is 0 Å². The van der Waals surface area contributed by atoms with Crippen molar-refractivity contribution in [2.24, 2.45) is 0 Å². The average Bonchev–Trinajstić information content (AvgIpc) is 3.16. The summed E-state index contributed by atoms with van der Waals surface area (Å²) in [6.07, 6.45) is -4.42.